The van der Waals surface area contributed by atoms with E-state index in [1.54, 1.807) is 10.8 Å². The van der Waals surface area contributed by atoms with Crippen LogP contribution in [0.1, 0.15) is 6.92 Å². The predicted molar refractivity (Wildman–Crippen MR) is 119 cm³/mol. The molecule has 7 heteroatoms. The number of benzene rings is 2. The largest absolute Gasteiger partial charge is 0.492 e. The molecule has 0 unspecified atom stereocenters. The number of rotatable bonds is 7. The van der Waals surface area contributed by atoms with Gasteiger partial charge in [0, 0.05) is 35.9 Å². The zero-order chi connectivity index (χ0) is 20.9. The number of fused-ring (bicyclic) bond motifs is 1. The molecule has 2 aromatic heterocycles. The lowest BCUT2D eigenvalue weighted by atomic mass is 10.1. The number of hydrogen-bond acceptors (Lipinski definition) is 6. The molecule has 0 bridgehead atoms. The van der Waals surface area contributed by atoms with Crippen molar-refractivity contribution in [1.82, 2.24) is 14.5 Å². The maximum Gasteiger partial charge on any atom is 0.260 e. The van der Waals surface area contributed by atoms with Crippen LogP contribution >= 0.6 is 0 Å². The summed E-state index contributed by atoms with van der Waals surface area (Å²) in [4.78, 5) is 22.1. The summed E-state index contributed by atoms with van der Waals surface area (Å²) in [7, 11) is 0. The highest BCUT2D eigenvalue weighted by molar-refractivity contribution is 5.81. The summed E-state index contributed by atoms with van der Waals surface area (Å²) in [5, 5.41) is 3.99. The Hall–Kier alpha value is -3.71. The van der Waals surface area contributed by atoms with Crippen molar-refractivity contribution in [3.63, 3.8) is 0 Å². The van der Waals surface area contributed by atoms with E-state index < -0.39 is 0 Å². The van der Waals surface area contributed by atoms with E-state index in [1.165, 1.54) is 0 Å². The Bertz CT molecular complexity index is 1200. The highest BCUT2D eigenvalue weighted by atomic mass is 16.5. The minimum atomic E-state index is -0.0674. The molecule has 0 saturated heterocycles. The van der Waals surface area contributed by atoms with Crippen molar-refractivity contribution in [2.75, 3.05) is 18.5 Å². The van der Waals surface area contributed by atoms with Gasteiger partial charge in [-0.25, -0.2) is 4.98 Å². The number of aromatic nitrogens is 3. The summed E-state index contributed by atoms with van der Waals surface area (Å²) in [6.45, 7) is 3.39. The van der Waals surface area contributed by atoms with E-state index in [0.717, 1.165) is 22.4 Å². The maximum absolute atomic E-state index is 13.1. The Morgan fingerprint density at radius 1 is 1.10 bits per heavy atom. The molecular weight excluding hydrogens is 378 g/mol. The SMILES string of the molecule is CCn1c(=O)c(-c2ccccc2)cc2cnc(Nc3ccc(OCCN)cc3)nc21. The molecule has 0 spiro atoms. The summed E-state index contributed by atoms with van der Waals surface area (Å²) < 4.78 is 7.16. The highest BCUT2D eigenvalue weighted by Gasteiger charge is 2.12. The third kappa shape index (κ3) is 4.01. The lowest BCUT2D eigenvalue weighted by molar-refractivity contribution is 0.328. The number of nitrogens with two attached hydrogens (primary N) is 1. The van der Waals surface area contributed by atoms with E-state index in [1.807, 2.05) is 67.6 Å². The first-order valence-corrected chi connectivity index (χ1v) is 9.85. The summed E-state index contributed by atoms with van der Waals surface area (Å²) >= 11 is 0. The van der Waals surface area contributed by atoms with Gasteiger partial charge in [0.2, 0.25) is 5.95 Å². The Labute approximate surface area is 174 Å². The van der Waals surface area contributed by atoms with Gasteiger partial charge in [-0.15, -0.1) is 0 Å². The van der Waals surface area contributed by atoms with Crippen molar-refractivity contribution in [3.05, 3.63) is 77.2 Å². The first-order chi connectivity index (χ1) is 14.7. The molecule has 0 radical (unpaired) electrons. The molecule has 152 valence electrons. The molecule has 2 heterocycles. The van der Waals surface area contributed by atoms with Crippen LogP contribution in [0.3, 0.4) is 0 Å². The third-order valence-electron chi connectivity index (χ3n) is 4.73. The standard InChI is InChI=1S/C23H23N5O2/c1-2-28-21-17(14-20(22(28)29)16-6-4-3-5-7-16)15-25-23(27-21)26-18-8-10-19(11-9-18)30-13-12-24/h3-11,14-15H,2,12-13,24H2,1H3,(H,25,26,27). The van der Waals surface area contributed by atoms with Gasteiger partial charge in [-0.05, 0) is 42.8 Å². The second kappa shape index (κ2) is 8.75. The van der Waals surface area contributed by atoms with Gasteiger partial charge in [0.25, 0.3) is 5.56 Å². The van der Waals surface area contributed by atoms with Gasteiger partial charge in [0.1, 0.15) is 18.0 Å². The molecule has 0 amide bonds. The maximum atomic E-state index is 13.1. The molecule has 4 aromatic rings. The van der Waals surface area contributed by atoms with Crippen molar-refractivity contribution in [1.29, 1.82) is 0 Å². The Balaban J connectivity index is 1.68. The zero-order valence-corrected chi connectivity index (χ0v) is 16.7. The number of pyridine rings is 1. The van der Waals surface area contributed by atoms with Crippen LogP contribution in [0.2, 0.25) is 0 Å². The molecule has 0 saturated carbocycles. The molecule has 7 nitrogen and oxygen atoms in total. The molecule has 4 rings (SSSR count). The molecule has 0 fully saturated rings. The van der Waals surface area contributed by atoms with Crippen molar-refractivity contribution >= 4 is 22.7 Å². The Morgan fingerprint density at radius 2 is 1.87 bits per heavy atom. The lowest BCUT2D eigenvalue weighted by Crippen LogP contribution is -2.22. The van der Waals surface area contributed by atoms with E-state index in [0.29, 0.717) is 36.9 Å². The molecule has 30 heavy (non-hydrogen) atoms. The smallest absolute Gasteiger partial charge is 0.260 e. The second-order valence-corrected chi connectivity index (χ2v) is 6.73. The average Bonchev–Trinajstić information content (AvgIpc) is 2.79. The molecule has 0 aliphatic heterocycles. The molecule has 2 aromatic carbocycles. The number of anilines is 2. The van der Waals surface area contributed by atoms with Crippen LogP contribution in [-0.4, -0.2) is 27.7 Å². The second-order valence-electron chi connectivity index (χ2n) is 6.73. The van der Waals surface area contributed by atoms with Crippen LogP contribution in [0.5, 0.6) is 5.75 Å². The fraction of sp³-hybridized carbons (Fsp3) is 0.174. The van der Waals surface area contributed by atoms with Crippen molar-refractivity contribution in [2.45, 2.75) is 13.5 Å². The summed E-state index contributed by atoms with van der Waals surface area (Å²) in [5.41, 5.74) is 8.33. The summed E-state index contributed by atoms with van der Waals surface area (Å²) in [6.07, 6.45) is 1.74. The number of nitrogens with one attached hydrogen (secondary N) is 1. The molecule has 0 aliphatic carbocycles. The lowest BCUT2D eigenvalue weighted by Gasteiger charge is -2.12. The van der Waals surface area contributed by atoms with Gasteiger partial charge in [-0.3, -0.25) is 9.36 Å². The van der Waals surface area contributed by atoms with Gasteiger partial charge in [0.15, 0.2) is 0 Å². The van der Waals surface area contributed by atoms with Crippen LogP contribution < -0.4 is 21.3 Å². The number of ether oxygens (including phenoxy) is 1. The fourth-order valence-electron chi connectivity index (χ4n) is 3.28. The minimum absolute atomic E-state index is 0.0674. The topological polar surface area (TPSA) is 95.1 Å². The van der Waals surface area contributed by atoms with Gasteiger partial charge in [-0.1, -0.05) is 30.3 Å². The van der Waals surface area contributed by atoms with E-state index in [-0.39, 0.29) is 5.56 Å². The summed E-state index contributed by atoms with van der Waals surface area (Å²) in [5.74, 6) is 1.17. The van der Waals surface area contributed by atoms with Crippen LogP contribution in [0.15, 0.2) is 71.7 Å². The average molecular weight is 401 g/mol. The first kappa shape index (κ1) is 19.6. The Kier molecular flexibility index (Phi) is 5.72. The quantitative estimate of drug-likeness (QED) is 0.492. The van der Waals surface area contributed by atoms with Gasteiger partial charge >= 0.3 is 0 Å². The van der Waals surface area contributed by atoms with Crippen molar-refractivity contribution in [2.24, 2.45) is 5.73 Å². The van der Waals surface area contributed by atoms with Crippen molar-refractivity contribution < 1.29 is 4.74 Å². The number of hydrogen-bond donors (Lipinski definition) is 2. The number of aryl methyl sites for hydroxylation is 1. The van der Waals surface area contributed by atoms with Gasteiger partial charge < -0.3 is 15.8 Å². The van der Waals surface area contributed by atoms with Crippen LogP contribution in [-0.2, 0) is 6.54 Å². The van der Waals surface area contributed by atoms with Gasteiger partial charge in [-0.2, -0.15) is 4.98 Å². The fourth-order valence-corrected chi connectivity index (χ4v) is 3.28. The first-order valence-electron chi connectivity index (χ1n) is 9.85. The molecule has 0 atom stereocenters. The van der Waals surface area contributed by atoms with E-state index in [4.69, 9.17) is 10.5 Å². The highest BCUT2D eigenvalue weighted by Crippen LogP contribution is 2.22. The van der Waals surface area contributed by atoms with Crippen LogP contribution in [0, 0.1) is 0 Å². The van der Waals surface area contributed by atoms with Gasteiger partial charge in [0.05, 0.1) is 0 Å². The van der Waals surface area contributed by atoms with E-state index in [2.05, 4.69) is 15.3 Å². The molecule has 3 N–H and O–H groups in total. The minimum Gasteiger partial charge on any atom is -0.492 e. The molecular formula is C23H23N5O2. The summed E-state index contributed by atoms with van der Waals surface area (Å²) in [6, 6.07) is 19.0. The van der Waals surface area contributed by atoms with Crippen molar-refractivity contribution in [3.8, 4) is 16.9 Å². The number of nitrogens with zero attached hydrogens (tertiary/aromatic N) is 3. The molecule has 0 aliphatic rings. The zero-order valence-electron chi connectivity index (χ0n) is 16.7. The van der Waals surface area contributed by atoms with Crippen LogP contribution in [0.25, 0.3) is 22.2 Å². The third-order valence-corrected chi connectivity index (χ3v) is 4.73. The monoisotopic (exact) mass is 401 g/mol. The van der Waals surface area contributed by atoms with Crippen LogP contribution in [0.4, 0.5) is 11.6 Å². The normalized spacial score (nSPS) is 10.9. The Morgan fingerprint density at radius 3 is 2.57 bits per heavy atom. The van der Waals surface area contributed by atoms with E-state index >= 15 is 0 Å². The predicted octanol–water partition coefficient (Wildman–Crippen LogP) is 3.56. The van der Waals surface area contributed by atoms with E-state index in [9.17, 15) is 4.79 Å².